The molecule has 1 heterocycles. The number of nitrogens with zero attached hydrogens (tertiary/aromatic N) is 2. The van der Waals surface area contributed by atoms with Gasteiger partial charge in [0.2, 0.25) is 11.8 Å². The van der Waals surface area contributed by atoms with E-state index in [-0.39, 0.29) is 0 Å². The molecule has 0 N–H and O–H groups in total. The summed E-state index contributed by atoms with van der Waals surface area (Å²) in [5.41, 5.74) is 6.22. The standard InChI is InChI=1S/C13H16N2O.C13H12/c1-3-4-5-11-6-8-12(9-7-11)13-15-14-10(2)16-13;1-11-7-9-13(10-8-11)12-5-3-2-4-6-12/h6-9H,3-5H2,1-2H3;2-10H,1H3. The molecular formula is C26H28N2O. The molecule has 0 aliphatic rings. The maximum Gasteiger partial charge on any atom is 0.247 e. The van der Waals surface area contributed by atoms with Crippen LogP contribution in [0.1, 0.15) is 36.8 Å². The zero-order valence-electron chi connectivity index (χ0n) is 17.4. The molecule has 1 aromatic heterocycles. The molecule has 0 saturated carbocycles. The van der Waals surface area contributed by atoms with Crippen LogP contribution < -0.4 is 0 Å². The van der Waals surface area contributed by atoms with Crippen LogP contribution in [0.5, 0.6) is 0 Å². The first-order valence-corrected chi connectivity index (χ1v) is 10.2. The molecule has 0 saturated heterocycles. The van der Waals surface area contributed by atoms with Crippen LogP contribution in [0.25, 0.3) is 22.6 Å². The average molecular weight is 385 g/mol. The molecule has 0 amide bonds. The molecule has 4 rings (SSSR count). The first-order chi connectivity index (χ1) is 14.2. The van der Waals surface area contributed by atoms with Gasteiger partial charge in [0.15, 0.2) is 0 Å². The summed E-state index contributed by atoms with van der Waals surface area (Å²) >= 11 is 0. The second-order valence-electron chi connectivity index (χ2n) is 7.16. The summed E-state index contributed by atoms with van der Waals surface area (Å²) in [4.78, 5) is 0. The van der Waals surface area contributed by atoms with Crippen LogP contribution in [0, 0.1) is 13.8 Å². The Kier molecular flexibility index (Phi) is 7.34. The van der Waals surface area contributed by atoms with Crippen LogP contribution in [0.3, 0.4) is 0 Å². The molecule has 4 aromatic rings. The van der Waals surface area contributed by atoms with E-state index in [9.17, 15) is 0 Å². The Morgan fingerprint density at radius 1 is 0.690 bits per heavy atom. The third-order valence-corrected chi connectivity index (χ3v) is 4.70. The zero-order chi connectivity index (χ0) is 20.5. The van der Waals surface area contributed by atoms with Gasteiger partial charge in [0.25, 0.3) is 0 Å². The highest BCUT2D eigenvalue weighted by Gasteiger charge is 2.05. The van der Waals surface area contributed by atoms with Crippen molar-refractivity contribution in [2.24, 2.45) is 0 Å². The summed E-state index contributed by atoms with van der Waals surface area (Å²) in [5, 5.41) is 7.81. The van der Waals surface area contributed by atoms with E-state index >= 15 is 0 Å². The zero-order valence-corrected chi connectivity index (χ0v) is 17.4. The number of aromatic nitrogens is 2. The lowest BCUT2D eigenvalue weighted by atomic mass is 10.0. The molecule has 0 aliphatic carbocycles. The van der Waals surface area contributed by atoms with Gasteiger partial charge in [-0.25, -0.2) is 0 Å². The van der Waals surface area contributed by atoms with Gasteiger partial charge in [0.05, 0.1) is 0 Å². The monoisotopic (exact) mass is 384 g/mol. The highest BCUT2D eigenvalue weighted by molar-refractivity contribution is 5.63. The number of benzene rings is 3. The van der Waals surface area contributed by atoms with Crippen LogP contribution in [0.15, 0.2) is 83.3 Å². The van der Waals surface area contributed by atoms with Gasteiger partial charge in [-0.05, 0) is 48.6 Å². The third kappa shape index (κ3) is 6.15. The lowest BCUT2D eigenvalue weighted by Gasteiger charge is -2.00. The molecule has 148 valence electrons. The molecule has 3 heteroatoms. The maximum atomic E-state index is 5.37. The Morgan fingerprint density at radius 2 is 1.31 bits per heavy atom. The average Bonchev–Trinajstić information content (AvgIpc) is 3.20. The van der Waals surface area contributed by atoms with E-state index in [0.29, 0.717) is 11.8 Å². The van der Waals surface area contributed by atoms with Crippen LogP contribution in [-0.2, 0) is 6.42 Å². The van der Waals surface area contributed by atoms with E-state index in [0.717, 1.165) is 12.0 Å². The van der Waals surface area contributed by atoms with Crippen molar-refractivity contribution in [3.63, 3.8) is 0 Å². The van der Waals surface area contributed by atoms with Gasteiger partial charge in [0.1, 0.15) is 0 Å². The van der Waals surface area contributed by atoms with Crippen molar-refractivity contribution >= 4 is 0 Å². The second-order valence-corrected chi connectivity index (χ2v) is 7.16. The van der Waals surface area contributed by atoms with E-state index in [1.165, 1.54) is 35.1 Å². The van der Waals surface area contributed by atoms with E-state index < -0.39 is 0 Å². The van der Waals surface area contributed by atoms with Crippen molar-refractivity contribution in [2.45, 2.75) is 40.0 Å². The fourth-order valence-corrected chi connectivity index (χ4v) is 2.98. The highest BCUT2D eigenvalue weighted by Crippen LogP contribution is 2.19. The van der Waals surface area contributed by atoms with E-state index in [4.69, 9.17) is 4.42 Å². The quantitative estimate of drug-likeness (QED) is 0.370. The van der Waals surface area contributed by atoms with Crippen LogP contribution in [0.2, 0.25) is 0 Å². The minimum atomic E-state index is 0.597. The molecule has 3 aromatic carbocycles. The van der Waals surface area contributed by atoms with Crippen molar-refractivity contribution in [2.75, 3.05) is 0 Å². The predicted octanol–water partition coefficient (Wildman–Crippen LogP) is 7.05. The molecule has 0 radical (unpaired) electrons. The largest absolute Gasteiger partial charge is 0.421 e. The molecular weight excluding hydrogens is 356 g/mol. The lowest BCUT2D eigenvalue weighted by molar-refractivity contribution is 0.533. The van der Waals surface area contributed by atoms with Gasteiger partial charge < -0.3 is 4.42 Å². The Bertz CT molecular complexity index is 987. The van der Waals surface area contributed by atoms with Crippen LogP contribution in [-0.4, -0.2) is 10.2 Å². The maximum absolute atomic E-state index is 5.37. The number of rotatable bonds is 5. The fraction of sp³-hybridized carbons (Fsp3) is 0.231. The molecule has 29 heavy (non-hydrogen) atoms. The highest BCUT2D eigenvalue weighted by atomic mass is 16.4. The molecule has 0 atom stereocenters. The molecule has 0 spiro atoms. The summed E-state index contributed by atoms with van der Waals surface area (Å²) in [6, 6.07) is 27.4. The van der Waals surface area contributed by atoms with Gasteiger partial charge in [-0.2, -0.15) is 0 Å². The van der Waals surface area contributed by atoms with Crippen molar-refractivity contribution in [3.05, 3.63) is 95.9 Å². The topological polar surface area (TPSA) is 38.9 Å². The Hall–Kier alpha value is -3.20. The SMILES string of the molecule is CCCCc1ccc(-c2nnc(C)o2)cc1.Cc1ccc(-c2ccccc2)cc1. The third-order valence-electron chi connectivity index (χ3n) is 4.70. The Balaban J connectivity index is 0.000000169. The van der Waals surface area contributed by atoms with Crippen LogP contribution >= 0.6 is 0 Å². The first-order valence-electron chi connectivity index (χ1n) is 10.2. The minimum absolute atomic E-state index is 0.597. The summed E-state index contributed by atoms with van der Waals surface area (Å²) < 4.78 is 5.37. The molecule has 0 unspecified atom stereocenters. The van der Waals surface area contributed by atoms with Crippen molar-refractivity contribution in [3.8, 4) is 22.6 Å². The smallest absolute Gasteiger partial charge is 0.247 e. The summed E-state index contributed by atoms with van der Waals surface area (Å²) in [6.45, 7) is 6.11. The predicted molar refractivity (Wildman–Crippen MR) is 120 cm³/mol. The van der Waals surface area contributed by atoms with E-state index in [1.807, 2.05) is 18.2 Å². The molecule has 3 nitrogen and oxygen atoms in total. The van der Waals surface area contributed by atoms with Crippen molar-refractivity contribution < 1.29 is 4.42 Å². The number of hydrogen-bond donors (Lipinski definition) is 0. The van der Waals surface area contributed by atoms with Gasteiger partial charge in [0, 0.05) is 12.5 Å². The van der Waals surface area contributed by atoms with Gasteiger partial charge >= 0.3 is 0 Å². The number of hydrogen-bond acceptors (Lipinski definition) is 3. The first kappa shape index (κ1) is 20.5. The minimum Gasteiger partial charge on any atom is -0.421 e. The van der Waals surface area contributed by atoms with Crippen molar-refractivity contribution in [1.82, 2.24) is 10.2 Å². The van der Waals surface area contributed by atoms with Gasteiger partial charge in [-0.15, -0.1) is 10.2 Å². The normalized spacial score (nSPS) is 10.3. The fourth-order valence-electron chi connectivity index (χ4n) is 2.98. The van der Waals surface area contributed by atoms with E-state index in [1.54, 1.807) is 6.92 Å². The second kappa shape index (κ2) is 10.4. The number of unbranched alkanes of at least 4 members (excludes halogenated alkanes) is 1. The van der Waals surface area contributed by atoms with Crippen molar-refractivity contribution in [1.29, 1.82) is 0 Å². The lowest BCUT2D eigenvalue weighted by Crippen LogP contribution is -1.85. The van der Waals surface area contributed by atoms with Crippen LogP contribution in [0.4, 0.5) is 0 Å². The summed E-state index contributed by atoms with van der Waals surface area (Å²) in [6.07, 6.45) is 3.60. The Labute approximate surface area is 173 Å². The molecule has 0 fully saturated rings. The Morgan fingerprint density at radius 3 is 1.90 bits per heavy atom. The summed E-state index contributed by atoms with van der Waals surface area (Å²) in [5.74, 6) is 1.20. The van der Waals surface area contributed by atoms with Gasteiger partial charge in [-0.1, -0.05) is 85.6 Å². The summed E-state index contributed by atoms with van der Waals surface area (Å²) in [7, 11) is 0. The molecule has 0 aliphatic heterocycles. The van der Waals surface area contributed by atoms with E-state index in [2.05, 4.69) is 84.7 Å². The number of aryl methyl sites for hydroxylation is 3. The van der Waals surface area contributed by atoms with Gasteiger partial charge in [-0.3, -0.25) is 0 Å². The molecule has 0 bridgehead atoms.